The quantitative estimate of drug-likeness (QED) is 0.156. The van der Waals surface area contributed by atoms with E-state index < -0.39 is 35.1 Å². The van der Waals surface area contributed by atoms with Crippen molar-refractivity contribution in [1.29, 1.82) is 0 Å². The van der Waals surface area contributed by atoms with Crippen molar-refractivity contribution in [3.8, 4) is 0 Å². The zero-order valence-corrected chi connectivity index (χ0v) is 18.7. The van der Waals surface area contributed by atoms with Gasteiger partial charge < -0.3 is 64.7 Å². The lowest BCUT2D eigenvalue weighted by Crippen LogP contribution is -2.23. The third kappa shape index (κ3) is 23.3. The zero-order valence-electron chi connectivity index (χ0n) is 16.0. The van der Waals surface area contributed by atoms with E-state index in [9.17, 15) is 4.79 Å². The Morgan fingerprint density at radius 2 is 1.33 bits per heavy atom. The van der Waals surface area contributed by atoms with Gasteiger partial charge in [-0.15, -0.1) is 0 Å². The average molecular weight is 549 g/mol. The van der Waals surface area contributed by atoms with E-state index in [1.54, 1.807) is 0 Å². The first-order valence-electron chi connectivity index (χ1n) is 7.54. The van der Waals surface area contributed by atoms with E-state index in [-0.39, 0.29) is 37.1 Å². The fraction of sp³-hybridized carbons (Fsp3) is 0.444. The van der Waals surface area contributed by atoms with Crippen LogP contribution in [-0.2, 0) is 25.2 Å². The van der Waals surface area contributed by atoms with Crippen molar-refractivity contribution in [3.63, 3.8) is 0 Å². The summed E-state index contributed by atoms with van der Waals surface area (Å²) in [5.41, 5.74) is 5.43. The van der Waals surface area contributed by atoms with Crippen LogP contribution >= 0.6 is 23.5 Å². The number of nitrogens with two attached hydrogens (primary N) is 1. The number of nitrogens with one attached hydrogen (secondary N) is 1. The molecule has 2 aromatic heterocycles. The molecule has 21 nitrogen and oxygen atoms in total. The highest BCUT2D eigenvalue weighted by molar-refractivity contribution is 7.45. The number of hydrogen-bond acceptors (Lipinski definition) is 10. The molecule has 194 valence electrons. The first-order valence-corrected chi connectivity index (χ1v) is 12.2. The highest BCUT2D eigenvalue weighted by Gasteiger charge is 2.11. The summed E-state index contributed by atoms with van der Waals surface area (Å²) in [7, 11) is -13.9. The lowest BCUT2D eigenvalue weighted by molar-refractivity contribution is -0.0488. The number of fused-ring (bicyclic) bond motifs is 1. The van der Waals surface area contributed by atoms with Gasteiger partial charge in [0.2, 0.25) is 5.95 Å². The fourth-order valence-corrected chi connectivity index (χ4v) is 1.41. The lowest BCUT2D eigenvalue weighted by atomic mass is 10.4. The molecule has 0 amide bonds. The van der Waals surface area contributed by atoms with E-state index in [1.807, 2.05) is 0 Å². The second-order valence-corrected chi connectivity index (χ2v) is 8.24. The van der Waals surface area contributed by atoms with Crippen molar-refractivity contribution in [1.82, 2.24) is 19.5 Å². The Hall–Kier alpha value is -1.64. The summed E-state index contributed by atoms with van der Waals surface area (Å²) in [6.45, 7) is -0.614. The molecule has 0 aliphatic carbocycles. The molecule has 33 heavy (non-hydrogen) atoms. The Morgan fingerprint density at radius 1 is 0.939 bits per heavy atom. The summed E-state index contributed by atoms with van der Waals surface area (Å²) in [5, 5.41) is 17.7. The van der Waals surface area contributed by atoms with Crippen LogP contribution in [0.3, 0.4) is 0 Å². The average Bonchev–Trinajstić information content (AvgIpc) is 2.94. The van der Waals surface area contributed by atoms with Gasteiger partial charge in [0.1, 0.15) is 12.8 Å². The van der Waals surface area contributed by atoms with Crippen LogP contribution in [0.4, 0.5) is 5.95 Å². The van der Waals surface area contributed by atoms with Crippen LogP contribution in [0.25, 0.3) is 11.2 Å². The molecule has 2 aromatic rings. The van der Waals surface area contributed by atoms with Gasteiger partial charge >= 0.3 is 23.5 Å². The van der Waals surface area contributed by atoms with E-state index >= 15 is 0 Å². The molecular formula is C9H22N5O16P3. The second kappa shape index (κ2) is 14.6. The van der Waals surface area contributed by atoms with Gasteiger partial charge in [0, 0.05) is 0 Å². The summed E-state index contributed by atoms with van der Waals surface area (Å²) in [6.07, 6.45) is 0.680. The van der Waals surface area contributed by atoms with Crippen molar-refractivity contribution in [2.24, 2.45) is 0 Å². The third-order valence-corrected chi connectivity index (χ3v) is 2.35. The van der Waals surface area contributed by atoms with Crippen LogP contribution in [0.1, 0.15) is 0 Å². The minimum atomic E-state index is -4.64. The topological polar surface area (TPSA) is 373 Å². The standard InChI is InChI=1S/C9H13N5O4.3H3O4P/c10-9-12-7-6(8(17)13-9)11-3-14(7)4-18-5(1-15)2-16;3*1-5(2,3)4/h3,5,15-16H,1-2,4H2,(H3,10,12,13,17);3*(H3,1,2,3,4). The molecule has 0 bridgehead atoms. The minimum absolute atomic E-state index is 0.00181. The van der Waals surface area contributed by atoms with Gasteiger partial charge in [0.25, 0.3) is 5.56 Å². The third-order valence-electron chi connectivity index (χ3n) is 2.35. The van der Waals surface area contributed by atoms with Crippen molar-refractivity contribution < 1.29 is 72.7 Å². The Kier molecular flexibility index (Phi) is 14.8. The number of aliphatic hydroxyl groups is 2. The smallest absolute Gasteiger partial charge is 0.394 e. The van der Waals surface area contributed by atoms with Crippen LogP contribution in [0.15, 0.2) is 11.1 Å². The maximum Gasteiger partial charge on any atom is 0.466 e. The van der Waals surface area contributed by atoms with Gasteiger partial charge in [-0.05, 0) is 0 Å². The molecule has 24 heteroatoms. The molecular weight excluding hydrogens is 527 g/mol. The molecule has 0 atom stereocenters. The normalized spacial score (nSPS) is 11.6. The monoisotopic (exact) mass is 549 g/mol. The molecule has 0 fully saturated rings. The largest absolute Gasteiger partial charge is 0.466 e. The molecule has 0 saturated heterocycles. The van der Waals surface area contributed by atoms with E-state index in [0.29, 0.717) is 0 Å². The SMILES string of the molecule is Nc1nc2c(ncn2COC(CO)CO)c(=O)[nH]1.O=P(O)(O)O.O=P(O)(O)O.O=P(O)(O)O. The Bertz CT molecular complexity index is 962. The summed E-state index contributed by atoms with van der Waals surface area (Å²) in [6, 6.07) is 0. The Labute approximate surface area is 182 Å². The number of anilines is 1. The van der Waals surface area contributed by atoms with E-state index in [1.165, 1.54) is 10.9 Å². The summed E-state index contributed by atoms with van der Waals surface area (Å²) >= 11 is 0. The first-order chi connectivity index (χ1) is 14.7. The van der Waals surface area contributed by atoms with Crippen LogP contribution in [-0.4, -0.2) is 93.1 Å². The molecule has 0 saturated carbocycles. The van der Waals surface area contributed by atoms with Gasteiger partial charge in [-0.1, -0.05) is 0 Å². The molecule has 0 aromatic carbocycles. The van der Waals surface area contributed by atoms with Gasteiger partial charge in [-0.3, -0.25) is 14.3 Å². The minimum Gasteiger partial charge on any atom is -0.394 e. The van der Waals surface area contributed by atoms with Gasteiger partial charge in [-0.25, -0.2) is 18.7 Å². The molecule has 14 N–H and O–H groups in total. The lowest BCUT2D eigenvalue weighted by Gasteiger charge is -2.12. The van der Waals surface area contributed by atoms with Gasteiger partial charge in [0.05, 0.1) is 19.5 Å². The maximum absolute atomic E-state index is 11.5. The number of phosphoric acid groups is 3. The van der Waals surface area contributed by atoms with E-state index in [0.717, 1.165) is 0 Å². The van der Waals surface area contributed by atoms with Crippen molar-refractivity contribution in [3.05, 3.63) is 16.7 Å². The predicted octanol–water partition coefficient (Wildman–Crippen LogP) is -4.76. The number of rotatable bonds is 5. The van der Waals surface area contributed by atoms with Crippen molar-refractivity contribution >= 4 is 40.6 Å². The first kappa shape index (κ1) is 33.5. The molecule has 0 spiro atoms. The number of aromatic amines is 1. The molecule has 0 radical (unpaired) electrons. The summed E-state index contributed by atoms with van der Waals surface area (Å²) in [4.78, 5) is 86.3. The summed E-state index contributed by atoms with van der Waals surface area (Å²) < 4.78 is 33.3. The number of nitrogen functional groups attached to an aromatic ring is 1. The van der Waals surface area contributed by atoms with Crippen LogP contribution in [0, 0.1) is 0 Å². The van der Waals surface area contributed by atoms with E-state index in [2.05, 4.69) is 15.0 Å². The number of hydrogen-bond donors (Lipinski definition) is 13. The van der Waals surface area contributed by atoms with Crippen LogP contribution in [0.5, 0.6) is 0 Å². The molecule has 0 aliphatic rings. The molecule has 0 aliphatic heterocycles. The number of nitrogens with zero attached hydrogens (tertiary/aromatic N) is 3. The highest BCUT2D eigenvalue weighted by atomic mass is 31.2. The maximum atomic E-state index is 11.5. The summed E-state index contributed by atoms with van der Waals surface area (Å²) in [5.74, 6) is -0.0184. The second-order valence-electron chi connectivity index (χ2n) is 5.16. The number of H-pyrrole nitrogens is 1. The van der Waals surface area contributed by atoms with Crippen LogP contribution < -0.4 is 11.3 Å². The molecule has 0 unspecified atom stereocenters. The van der Waals surface area contributed by atoms with Crippen molar-refractivity contribution in [2.75, 3.05) is 18.9 Å². The van der Waals surface area contributed by atoms with Crippen LogP contribution in [0.2, 0.25) is 0 Å². The predicted molar refractivity (Wildman–Crippen MR) is 104 cm³/mol. The molecule has 2 heterocycles. The van der Waals surface area contributed by atoms with Gasteiger partial charge in [0.15, 0.2) is 11.2 Å². The van der Waals surface area contributed by atoms with Gasteiger partial charge in [-0.2, -0.15) is 4.98 Å². The number of imidazole rings is 1. The number of ether oxygens (including phenoxy) is 1. The van der Waals surface area contributed by atoms with Crippen molar-refractivity contribution in [2.45, 2.75) is 12.8 Å². The van der Waals surface area contributed by atoms with E-state index in [4.69, 9.17) is 78.4 Å². The fourth-order valence-electron chi connectivity index (χ4n) is 1.41. The number of aliphatic hydroxyl groups excluding tert-OH is 2. The highest BCUT2D eigenvalue weighted by Crippen LogP contribution is 2.26. The number of aromatic nitrogens is 4. The molecule has 2 rings (SSSR count). The Morgan fingerprint density at radius 3 is 1.70 bits per heavy atom. The zero-order chi connectivity index (χ0) is 26.6. The Balaban J connectivity index is 0.